The van der Waals surface area contributed by atoms with Crippen LogP contribution in [0.15, 0.2) is 48.5 Å². The highest BCUT2D eigenvalue weighted by Gasteiger charge is 2.26. The van der Waals surface area contributed by atoms with Gasteiger partial charge >= 0.3 is 0 Å². The Morgan fingerprint density at radius 3 is 2.48 bits per heavy atom. The van der Waals surface area contributed by atoms with Gasteiger partial charge < -0.3 is 15.4 Å². The fourth-order valence-corrected chi connectivity index (χ4v) is 3.84. The van der Waals surface area contributed by atoms with Crippen molar-refractivity contribution in [2.75, 3.05) is 38.7 Å². The Bertz CT molecular complexity index is 859. The summed E-state index contributed by atoms with van der Waals surface area (Å²) in [6.45, 7) is 5.94. The van der Waals surface area contributed by atoms with Gasteiger partial charge in [-0.05, 0) is 57.0 Å². The Morgan fingerprint density at radius 2 is 1.77 bits per heavy atom. The Balaban J connectivity index is 1.50. The number of likely N-dealkylation sites (tertiary alicyclic amines) is 1. The van der Waals surface area contributed by atoms with Crippen LogP contribution in [0.4, 0.5) is 5.69 Å². The summed E-state index contributed by atoms with van der Waals surface area (Å²) < 4.78 is 5.01. The molecule has 2 aromatic rings. The van der Waals surface area contributed by atoms with E-state index in [-0.39, 0.29) is 17.7 Å². The second kappa shape index (κ2) is 11.6. The third kappa shape index (κ3) is 6.91. The van der Waals surface area contributed by atoms with E-state index in [0.717, 1.165) is 38.9 Å². The number of rotatable bonds is 9. The summed E-state index contributed by atoms with van der Waals surface area (Å²) >= 11 is 0. The molecule has 0 spiro atoms. The normalized spacial score (nSPS) is 14.9. The van der Waals surface area contributed by atoms with Crippen LogP contribution >= 0.6 is 0 Å². The second-order valence-electron chi connectivity index (χ2n) is 8.17. The summed E-state index contributed by atoms with van der Waals surface area (Å²) in [5.41, 5.74) is 3.63. The first-order valence-corrected chi connectivity index (χ1v) is 11.0. The lowest BCUT2D eigenvalue weighted by Gasteiger charge is -2.31. The molecular formula is C25H33N3O3. The van der Waals surface area contributed by atoms with Gasteiger partial charge in [0.1, 0.15) is 0 Å². The molecule has 2 amide bonds. The van der Waals surface area contributed by atoms with Gasteiger partial charge in [0.25, 0.3) is 5.91 Å². The average Bonchev–Trinajstić information content (AvgIpc) is 2.79. The molecule has 0 bridgehead atoms. The molecule has 6 nitrogen and oxygen atoms in total. The van der Waals surface area contributed by atoms with Crippen molar-refractivity contribution in [2.24, 2.45) is 5.92 Å². The van der Waals surface area contributed by atoms with Gasteiger partial charge in [-0.3, -0.25) is 14.5 Å². The molecule has 6 heteroatoms. The Labute approximate surface area is 185 Å². The van der Waals surface area contributed by atoms with Crippen molar-refractivity contribution in [1.82, 2.24) is 10.2 Å². The first-order valence-electron chi connectivity index (χ1n) is 11.0. The molecule has 2 N–H and O–H groups in total. The average molecular weight is 424 g/mol. The summed E-state index contributed by atoms with van der Waals surface area (Å²) in [7, 11) is 1.64. The first kappa shape index (κ1) is 23.0. The van der Waals surface area contributed by atoms with Crippen molar-refractivity contribution in [3.05, 3.63) is 65.2 Å². The van der Waals surface area contributed by atoms with E-state index in [1.54, 1.807) is 19.2 Å². The van der Waals surface area contributed by atoms with Gasteiger partial charge in [-0.2, -0.15) is 0 Å². The molecule has 1 saturated heterocycles. The van der Waals surface area contributed by atoms with Crippen molar-refractivity contribution in [2.45, 2.75) is 32.7 Å². The summed E-state index contributed by atoms with van der Waals surface area (Å²) in [5.74, 6) is -0.221. The van der Waals surface area contributed by atoms with E-state index >= 15 is 0 Å². The minimum Gasteiger partial charge on any atom is -0.385 e. The SMILES string of the molecule is COCCCNC(=O)c1ccccc1NC(=O)C1CCN(Cc2ccc(C)cc2)CC1. The van der Waals surface area contributed by atoms with Crippen LogP contribution in [0.1, 0.15) is 40.7 Å². The maximum Gasteiger partial charge on any atom is 0.253 e. The van der Waals surface area contributed by atoms with Gasteiger partial charge in [-0.1, -0.05) is 42.0 Å². The lowest BCUT2D eigenvalue weighted by Crippen LogP contribution is -2.38. The molecule has 0 saturated carbocycles. The first-order chi connectivity index (χ1) is 15.1. The van der Waals surface area contributed by atoms with Crippen LogP contribution in [0.3, 0.4) is 0 Å². The van der Waals surface area contributed by atoms with Crippen molar-refractivity contribution >= 4 is 17.5 Å². The molecule has 0 aromatic heterocycles. The minimum absolute atomic E-state index is 0.00498. The summed E-state index contributed by atoms with van der Waals surface area (Å²) in [4.78, 5) is 27.8. The number of anilines is 1. The van der Waals surface area contributed by atoms with Gasteiger partial charge in [-0.15, -0.1) is 0 Å². The summed E-state index contributed by atoms with van der Waals surface area (Å²) in [6, 6.07) is 15.8. The van der Waals surface area contributed by atoms with E-state index in [1.165, 1.54) is 11.1 Å². The molecular weight excluding hydrogens is 390 g/mol. The number of piperidine rings is 1. The van der Waals surface area contributed by atoms with E-state index in [2.05, 4.69) is 46.7 Å². The summed E-state index contributed by atoms with van der Waals surface area (Å²) in [6.07, 6.45) is 2.39. The highest BCUT2D eigenvalue weighted by molar-refractivity contribution is 6.04. The minimum atomic E-state index is -0.181. The largest absolute Gasteiger partial charge is 0.385 e. The Kier molecular flexibility index (Phi) is 8.62. The molecule has 1 aliphatic heterocycles. The molecule has 3 rings (SSSR count). The fourth-order valence-electron chi connectivity index (χ4n) is 3.84. The van der Waals surface area contributed by atoms with Crippen LogP contribution in [0.25, 0.3) is 0 Å². The maximum absolute atomic E-state index is 12.9. The number of nitrogens with one attached hydrogen (secondary N) is 2. The number of aryl methyl sites for hydroxylation is 1. The van der Waals surface area contributed by atoms with Crippen LogP contribution in [0.2, 0.25) is 0 Å². The lowest BCUT2D eigenvalue weighted by atomic mass is 9.95. The standard InChI is InChI=1S/C25H33N3O3/c1-19-8-10-20(11-9-19)18-28-15-12-21(13-16-28)24(29)27-23-7-4-3-6-22(23)25(30)26-14-5-17-31-2/h3-4,6-11,21H,5,12-18H2,1-2H3,(H,26,30)(H,27,29). The lowest BCUT2D eigenvalue weighted by molar-refractivity contribution is -0.121. The monoisotopic (exact) mass is 423 g/mol. The van der Waals surface area contributed by atoms with E-state index in [1.807, 2.05) is 12.1 Å². The molecule has 1 heterocycles. The number of para-hydroxylation sites is 1. The van der Waals surface area contributed by atoms with Crippen molar-refractivity contribution in [3.63, 3.8) is 0 Å². The molecule has 166 valence electrons. The van der Waals surface area contributed by atoms with Gasteiger partial charge in [0, 0.05) is 32.7 Å². The zero-order valence-electron chi connectivity index (χ0n) is 18.5. The maximum atomic E-state index is 12.9. The quantitative estimate of drug-likeness (QED) is 0.605. The number of nitrogens with zero attached hydrogens (tertiary/aromatic N) is 1. The van der Waals surface area contributed by atoms with Gasteiger partial charge in [-0.25, -0.2) is 0 Å². The molecule has 31 heavy (non-hydrogen) atoms. The van der Waals surface area contributed by atoms with Gasteiger partial charge in [0.05, 0.1) is 11.3 Å². The predicted molar refractivity (Wildman–Crippen MR) is 123 cm³/mol. The number of hydrogen-bond acceptors (Lipinski definition) is 4. The third-order valence-corrected chi connectivity index (χ3v) is 5.73. The molecule has 0 radical (unpaired) electrons. The van der Waals surface area contributed by atoms with Crippen LogP contribution in [-0.2, 0) is 16.1 Å². The number of methoxy groups -OCH3 is 1. The van der Waals surface area contributed by atoms with Crippen LogP contribution in [-0.4, -0.2) is 50.1 Å². The molecule has 0 aliphatic carbocycles. The molecule has 0 unspecified atom stereocenters. The number of carbonyl (C=O) groups is 2. The van der Waals surface area contributed by atoms with E-state index in [0.29, 0.717) is 24.4 Å². The zero-order chi connectivity index (χ0) is 22.1. The van der Waals surface area contributed by atoms with E-state index in [4.69, 9.17) is 4.74 Å². The molecule has 0 atom stereocenters. The fraction of sp³-hybridized carbons (Fsp3) is 0.440. The number of benzene rings is 2. The molecule has 1 aliphatic rings. The highest BCUT2D eigenvalue weighted by atomic mass is 16.5. The number of carbonyl (C=O) groups excluding carboxylic acids is 2. The van der Waals surface area contributed by atoms with Crippen molar-refractivity contribution in [1.29, 1.82) is 0 Å². The van der Waals surface area contributed by atoms with E-state index < -0.39 is 0 Å². The molecule has 2 aromatic carbocycles. The molecule has 1 fully saturated rings. The van der Waals surface area contributed by atoms with Crippen LogP contribution < -0.4 is 10.6 Å². The summed E-state index contributed by atoms with van der Waals surface area (Å²) in [5, 5.41) is 5.87. The van der Waals surface area contributed by atoms with Gasteiger partial charge in [0.15, 0.2) is 0 Å². The zero-order valence-corrected chi connectivity index (χ0v) is 18.5. The predicted octanol–water partition coefficient (Wildman–Crippen LogP) is 3.61. The third-order valence-electron chi connectivity index (χ3n) is 5.73. The van der Waals surface area contributed by atoms with Crippen molar-refractivity contribution < 1.29 is 14.3 Å². The van der Waals surface area contributed by atoms with Crippen molar-refractivity contribution in [3.8, 4) is 0 Å². The van der Waals surface area contributed by atoms with E-state index in [9.17, 15) is 9.59 Å². The Morgan fingerprint density at radius 1 is 1.06 bits per heavy atom. The number of ether oxygens (including phenoxy) is 1. The van der Waals surface area contributed by atoms with Crippen LogP contribution in [0.5, 0.6) is 0 Å². The smallest absolute Gasteiger partial charge is 0.253 e. The highest BCUT2D eigenvalue weighted by Crippen LogP contribution is 2.22. The topological polar surface area (TPSA) is 70.7 Å². The Hall–Kier alpha value is -2.70. The van der Waals surface area contributed by atoms with Gasteiger partial charge in [0.2, 0.25) is 5.91 Å². The number of amides is 2. The number of hydrogen-bond donors (Lipinski definition) is 2. The second-order valence-corrected chi connectivity index (χ2v) is 8.17. The van der Waals surface area contributed by atoms with Crippen LogP contribution in [0, 0.1) is 12.8 Å².